The van der Waals surface area contributed by atoms with E-state index in [-0.39, 0.29) is 0 Å². The van der Waals surface area contributed by atoms with Gasteiger partial charge >= 0.3 is 5.97 Å². The predicted octanol–water partition coefficient (Wildman–Crippen LogP) is 1.93. The summed E-state index contributed by atoms with van der Waals surface area (Å²) in [5, 5.41) is 9.48. The van der Waals surface area contributed by atoms with E-state index in [0.29, 0.717) is 31.0 Å². The Bertz CT molecular complexity index is 453. The van der Waals surface area contributed by atoms with Crippen LogP contribution in [0.1, 0.15) is 18.5 Å². The maximum Gasteiger partial charge on any atom is 0.325 e. The number of benzene rings is 1. The van der Waals surface area contributed by atoms with Gasteiger partial charge in [-0.25, -0.2) is 4.39 Å². The van der Waals surface area contributed by atoms with Gasteiger partial charge in [0.25, 0.3) is 0 Å². The Balaban J connectivity index is 3.18. The molecule has 0 aliphatic heterocycles. The van der Waals surface area contributed by atoms with E-state index in [1.807, 2.05) is 6.92 Å². The van der Waals surface area contributed by atoms with Crippen molar-refractivity contribution in [2.75, 3.05) is 33.9 Å². The van der Waals surface area contributed by atoms with Gasteiger partial charge in [-0.1, -0.05) is 6.92 Å². The van der Waals surface area contributed by atoms with Crippen LogP contribution in [0.2, 0.25) is 0 Å². The molecule has 6 heteroatoms. The lowest BCUT2D eigenvalue weighted by Gasteiger charge is -2.28. The standard InChI is InChI=1S/C14H20FNO4/c1-4-16(7-8-19-2)13(14(17)18)11-9-10(15)5-6-12(11)20-3/h5-6,9,13H,4,7-8H2,1-3H3,(H,17,18)/t13-/m1/s1. The number of nitrogens with zero attached hydrogens (tertiary/aromatic N) is 1. The SMILES string of the molecule is CCN(CCOC)[C@@H](C(=O)O)c1cc(F)ccc1OC. The van der Waals surface area contributed by atoms with Crippen molar-refractivity contribution < 1.29 is 23.8 Å². The van der Waals surface area contributed by atoms with E-state index in [4.69, 9.17) is 9.47 Å². The van der Waals surface area contributed by atoms with Crippen molar-refractivity contribution in [1.29, 1.82) is 0 Å². The molecule has 0 unspecified atom stereocenters. The van der Waals surface area contributed by atoms with E-state index in [0.717, 1.165) is 0 Å². The molecule has 0 heterocycles. The number of carboxylic acids is 1. The third kappa shape index (κ3) is 3.91. The summed E-state index contributed by atoms with van der Waals surface area (Å²) < 4.78 is 23.6. The average molecular weight is 285 g/mol. The first kappa shape index (κ1) is 16.4. The molecule has 0 saturated carbocycles. The van der Waals surface area contributed by atoms with Crippen LogP contribution in [0.15, 0.2) is 18.2 Å². The zero-order valence-corrected chi connectivity index (χ0v) is 11.9. The molecule has 1 N–H and O–H groups in total. The van der Waals surface area contributed by atoms with Crippen molar-refractivity contribution >= 4 is 5.97 Å². The second-order valence-electron chi connectivity index (χ2n) is 4.25. The van der Waals surface area contributed by atoms with Gasteiger partial charge in [-0.05, 0) is 24.7 Å². The maximum absolute atomic E-state index is 13.4. The maximum atomic E-state index is 13.4. The van der Waals surface area contributed by atoms with Crippen LogP contribution >= 0.6 is 0 Å². The summed E-state index contributed by atoms with van der Waals surface area (Å²) in [6, 6.07) is 2.91. The topological polar surface area (TPSA) is 59.0 Å². The number of aliphatic carboxylic acids is 1. The molecular formula is C14H20FNO4. The molecule has 0 aliphatic carbocycles. The van der Waals surface area contributed by atoms with Crippen LogP contribution < -0.4 is 4.74 Å². The lowest BCUT2D eigenvalue weighted by molar-refractivity contribution is -0.143. The number of likely N-dealkylation sites (N-methyl/N-ethyl adjacent to an activating group) is 1. The van der Waals surface area contributed by atoms with Crippen molar-refractivity contribution in [2.24, 2.45) is 0 Å². The quantitative estimate of drug-likeness (QED) is 0.791. The molecule has 1 aromatic carbocycles. The second kappa shape index (κ2) is 7.81. The van der Waals surface area contributed by atoms with Gasteiger partial charge in [0.1, 0.15) is 17.6 Å². The number of carboxylic acid groups (broad SMARTS) is 1. The van der Waals surface area contributed by atoms with Crippen LogP contribution in [0.4, 0.5) is 4.39 Å². The minimum Gasteiger partial charge on any atom is -0.496 e. The Hall–Kier alpha value is -1.66. The molecule has 0 radical (unpaired) electrons. The zero-order valence-electron chi connectivity index (χ0n) is 11.9. The van der Waals surface area contributed by atoms with Crippen molar-refractivity contribution in [2.45, 2.75) is 13.0 Å². The van der Waals surface area contributed by atoms with Crippen molar-refractivity contribution in [3.05, 3.63) is 29.6 Å². The van der Waals surface area contributed by atoms with Gasteiger partial charge in [0, 0.05) is 19.2 Å². The first-order valence-corrected chi connectivity index (χ1v) is 6.34. The molecule has 20 heavy (non-hydrogen) atoms. The molecule has 112 valence electrons. The molecule has 1 aromatic rings. The predicted molar refractivity (Wildman–Crippen MR) is 72.5 cm³/mol. The monoisotopic (exact) mass is 285 g/mol. The molecule has 0 bridgehead atoms. The first-order valence-electron chi connectivity index (χ1n) is 6.34. The molecular weight excluding hydrogens is 265 g/mol. The lowest BCUT2D eigenvalue weighted by atomic mass is 10.0. The highest BCUT2D eigenvalue weighted by Crippen LogP contribution is 2.30. The summed E-state index contributed by atoms with van der Waals surface area (Å²) in [6.45, 7) is 3.18. The number of halogens is 1. The lowest BCUT2D eigenvalue weighted by Crippen LogP contribution is -2.36. The van der Waals surface area contributed by atoms with E-state index in [1.165, 1.54) is 25.3 Å². The van der Waals surface area contributed by atoms with E-state index >= 15 is 0 Å². The van der Waals surface area contributed by atoms with Gasteiger partial charge in [0.15, 0.2) is 0 Å². The second-order valence-corrected chi connectivity index (χ2v) is 4.25. The third-order valence-corrected chi connectivity index (χ3v) is 3.07. The van der Waals surface area contributed by atoms with Crippen LogP contribution in [0, 0.1) is 5.82 Å². The van der Waals surface area contributed by atoms with Crippen LogP contribution in [-0.4, -0.2) is 49.9 Å². The Kier molecular flexibility index (Phi) is 6.41. The fraction of sp³-hybridized carbons (Fsp3) is 0.500. The normalized spacial score (nSPS) is 12.4. The summed E-state index contributed by atoms with van der Waals surface area (Å²) in [4.78, 5) is 13.3. The average Bonchev–Trinajstić information content (AvgIpc) is 2.42. The van der Waals surface area contributed by atoms with Gasteiger partial charge in [-0.15, -0.1) is 0 Å². The van der Waals surface area contributed by atoms with E-state index in [1.54, 1.807) is 12.0 Å². The Morgan fingerprint density at radius 3 is 2.65 bits per heavy atom. The largest absolute Gasteiger partial charge is 0.496 e. The first-order chi connectivity index (χ1) is 9.54. The van der Waals surface area contributed by atoms with Crippen LogP contribution in [-0.2, 0) is 9.53 Å². The Morgan fingerprint density at radius 2 is 2.15 bits per heavy atom. The van der Waals surface area contributed by atoms with E-state index in [9.17, 15) is 14.3 Å². The van der Waals surface area contributed by atoms with Crippen molar-refractivity contribution in [3.8, 4) is 5.75 Å². The molecule has 1 atom stereocenters. The van der Waals surface area contributed by atoms with Crippen molar-refractivity contribution in [3.63, 3.8) is 0 Å². The highest BCUT2D eigenvalue weighted by atomic mass is 19.1. The minimum absolute atomic E-state index is 0.304. The fourth-order valence-electron chi connectivity index (χ4n) is 2.08. The van der Waals surface area contributed by atoms with E-state index < -0.39 is 17.8 Å². The molecule has 0 amide bonds. The van der Waals surface area contributed by atoms with Gasteiger partial charge in [-0.3, -0.25) is 9.69 Å². The van der Waals surface area contributed by atoms with E-state index in [2.05, 4.69) is 0 Å². The molecule has 0 fully saturated rings. The van der Waals surface area contributed by atoms with Gasteiger partial charge in [-0.2, -0.15) is 0 Å². The van der Waals surface area contributed by atoms with Gasteiger partial charge in [0.2, 0.25) is 0 Å². The van der Waals surface area contributed by atoms with Gasteiger partial charge < -0.3 is 14.6 Å². The summed E-state index contributed by atoms with van der Waals surface area (Å²) in [7, 11) is 2.98. The Labute approximate surface area is 117 Å². The summed E-state index contributed by atoms with van der Waals surface area (Å²) in [5.74, 6) is -1.18. The number of carbonyl (C=O) groups is 1. The van der Waals surface area contributed by atoms with Crippen LogP contribution in [0.25, 0.3) is 0 Å². The summed E-state index contributed by atoms with van der Waals surface area (Å²) >= 11 is 0. The molecule has 1 rings (SSSR count). The number of rotatable bonds is 8. The zero-order chi connectivity index (χ0) is 15.1. The van der Waals surface area contributed by atoms with Crippen molar-refractivity contribution in [1.82, 2.24) is 4.90 Å². The number of methoxy groups -OCH3 is 2. The number of hydrogen-bond donors (Lipinski definition) is 1. The Morgan fingerprint density at radius 1 is 1.45 bits per heavy atom. The molecule has 0 spiro atoms. The summed E-state index contributed by atoms with van der Waals surface area (Å²) in [6.07, 6.45) is 0. The smallest absolute Gasteiger partial charge is 0.325 e. The number of hydrogen-bond acceptors (Lipinski definition) is 4. The molecule has 0 aromatic heterocycles. The minimum atomic E-state index is -1.05. The van der Waals surface area contributed by atoms with Gasteiger partial charge in [0.05, 0.1) is 13.7 Å². The van der Waals surface area contributed by atoms with Crippen LogP contribution in [0.5, 0.6) is 5.75 Å². The third-order valence-electron chi connectivity index (χ3n) is 3.07. The highest BCUT2D eigenvalue weighted by Gasteiger charge is 2.29. The molecule has 5 nitrogen and oxygen atoms in total. The molecule has 0 aliphatic rings. The highest BCUT2D eigenvalue weighted by molar-refractivity contribution is 5.76. The fourth-order valence-corrected chi connectivity index (χ4v) is 2.08. The van der Waals surface area contributed by atoms with Crippen LogP contribution in [0.3, 0.4) is 0 Å². The summed E-state index contributed by atoms with van der Waals surface area (Å²) in [5.41, 5.74) is 0.304. The molecule has 0 saturated heterocycles. The number of ether oxygens (including phenoxy) is 2.